The summed E-state index contributed by atoms with van der Waals surface area (Å²) in [6.07, 6.45) is 4.99. The first-order valence-electron chi connectivity index (χ1n) is 9.96. The van der Waals surface area contributed by atoms with Crippen LogP contribution in [0.2, 0.25) is 0 Å². The zero-order valence-electron chi connectivity index (χ0n) is 16.3. The SMILES string of the molecule is CCN(CC1CCCO1)C(=O)c1ccc(S(=O)(=O)N2CCCCC2C)cc1. The topological polar surface area (TPSA) is 66.9 Å². The molecule has 2 unspecified atom stereocenters. The predicted octanol–water partition coefficient (Wildman–Crippen LogP) is 2.89. The number of rotatable bonds is 6. The van der Waals surface area contributed by atoms with E-state index in [0.717, 1.165) is 38.7 Å². The lowest BCUT2D eigenvalue weighted by atomic mass is 10.1. The van der Waals surface area contributed by atoms with Crippen LogP contribution < -0.4 is 0 Å². The van der Waals surface area contributed by atoms with E-state index in [0.29, 0.717) is 25.2 Å². The summed E-state index contributed by atoms with van der Waals surface area (Å²) in [6.45, 7) is 6.42. The fraction of sp³-hybridized carbons (Fsp3) is 0.650. The molecule has 27 heavy (non-hydrogen) atoms. The summed E-state index contributed by atoms with van der Waals surface area (Å²) in [4.78, 5) is 14.8. The Morgan fingerprint density at radius 1 is 1.19 bits per heavy atom. The Labute approximate surface area is 162 Å². The van der Waals surface area contributed by atoms with E-state index in [9.17, 15) is 13.2 Å². The summed E-state index contributed by atoms with van der Waals surface area (Å²) in [5.41, 5.74) is 0.514. The van der Waals surface area contributed by atoms with Crippen molar-refractivity contribution in [3.8, 4) is 0 Å². The molecule has 0 aromatic heterocycles. The first-order valence-corrected chi connectivity index (χ1v) is 11.4. The molecule has 0 radical (unpaired) electrons. The molecular formula is C20H30N2O4S. The second kappa shape index (κ2) is 8.71. The number of ether oxygens (including phenoxy) is 1. The Hall–Kier alpha value is -1.44. The molecule has 2 fully saturated rings. The minimum absolute atomic E-state index is 0.0204. The highest BCUT2D eigenvalue weighted by Gasteiger charge is 2.31. The molecule has 0 N–H and O–H groups in total. The number of amides is 1. The molecular weight excluding hydrogens is 364 g/mol. The maximum atomic E-state index is 12.9. The van der Waals surface area contributed by atoms with Crippen LogP contribution >= 0.6 is 0 Å². The third-order valence-electron chi connectivity index (χ3n) is 5.57. The van der Waals surface area contributed by atoms with Gasteiger partial charge in [-0.2, -0.15) is 4.31 Å². The number of piperidine rings is 1. The molecule has 0 bridgehead atoms. The lowest BCUT2D eigenvalue weighted by Gasteiger charge is -2.32. The van der Waals surface area contributed by atoms with Gasteiger partial charge in [0.1, 0.15) is 0 Å². The van der Waals surface area contributed by atoms with Crippen LogP contribution in [-0.4, -0.2) is 61.9 Å². The smallest absolute Gasteiger partial charge is 0.253 e. The Morgan fingerprint density at radius 3 is 2.52 bits per heavy atom. The van der Waals surface area contributed by atoms with Crippen molar-refractivity contribution in [1.82, 2.24) is 9.21 Å². The van der Waals surface area contributed by atoms with Gasteiger partial charge in [-0.15, -0.1) is 0 Å². The molecule has 2 saturated heterocycles. The van der Waals surface area contributed by atoms with Gasteiger partial charge in [0.15, 0.2) is 0 Å². The van der Waals surface area contributed by atoms with Gasteiger partial charge in [-0.1, -0.05) is 6.42 Å². The Morgan fingerprint density at radius 2 is 1.93 bits per heavy atom. The average molecular weight is 395 g/mol. The first kappa shape index (κ1) is 20.3. The van der Waals surface area contributed by atoms with Gasteiger partial charge in [0.2, 0.25) is 10.0 Å². The number of carbonyl (C=O) groups is 1. The van der Waals surface area contributed by atoms with Gasteiger partial charge in [0.05, 0.1) is 11.0 Å². The molecule has 2 aliphatic rings. The minimum Gasteiger partial charge on any atom is -0.376 e. The molecule has 1 aromatic carbocycles. The van der Waals surface area contributed by atoms with Crippen molar-refractivity contribution >= 4 is 15.9 Å². The predicted molar refractivity (Wildman–Crippen MR) is 104 cm³/mol. The molecule has 0 spiro atoms. The number of carbonyl (C=O) groups excluding carboxylic acids is 1. The van der Waals surface area contributed by atoms with Gasteiger partial charge in [0, 0.05) is 37.8 Å². The second-order valence-electron chi connectivity index (χ2n) is 7.46. The summed E-state index contributed by atoms with van der Waals surface area (Å²) < 4.78 is 33.0. The molecule has 2 heterocycles. The van der Waals surface area contributed by atoms with E-state index in [-0.39, 0.29) is 22.9 Å². The van der Waals surface area contributed by atoms with E-state index in [1.54, 1.807) is 33.5 Å². The number of benzene rings is 1. The van der Waals surface area contributed by atoms with Crippen molar-refractivity contribution in [2.45, 2.75) is 63.0 Å². The van der Waals surface area contributed by atoms with Gasteiger partial charge in [0.25, 0.3) is 5.91 Å². The third kappa shape index (κ3) is 4.52. The average Bonchev–Trinajstić information content (AvgIpc) is 3.19. The maximum Gasteiger partial charge on any atom is 0.253 e. The first-order chi connectivity index (χ1) is 12.9. The van der Waals surface area contributed by atoms with Crippen molar-refractivity contribution in [3.63, 3.8) is 0 Å². The fourth-order valence-electron chi connectivity index (χ4n) is 3.91. The largest absolute Gasteiger partial charge is 0.376 e. The number of sulfonamides is 1. The van der Waals surface area contributed by atoms with Crippen LogP contribution in [0.3, 0.4) is 0 Å². The molecule has 7 heteroatoms. The number of nitrogens with zero attached hydrogens (tertiary/aromatic N) is 2. The van der Waals surface area contributed by atoms with Crippen LogP contribution in [0.15, 0.2) is 29.2 Å². The highest BCUT2D eigenvalue weighted by molar-refractivity contribution is 7.89. The van der Waals surface area contributed by atoms with Crippen molar-refractivity contribution < 1.29 is 17.9 Å². The van der Waals surface area contributed by atoms with E-state index in [1.165, 1.54) is 0 Å². The highest BCUT2D eigenvalue weighted by Crippen LogP contribution is 2.25. The molecule has 2 aliphatic heterocycles. The van der Waals surface area contributed by atoms with Crippen LogP contribution in [0.1, 0.15) is 56.3 Å². The molecule has 2 atom stereocenters. The third-order valence-corrected chi connectivity index (χ3v) is 7.59. The van der Waals surface area contributed by atoms with Crippen molar-refractivity contribution in [2.24, 2.45) is 0 Å². The molecule has 6 nitrogen and oxygen atoms in total. The standard InChI is InChI=1S/C20H30N2O4S/c1-3-21(15-18-8-6-14-26-18)20(23)17-9-11-19(12-10-17)27(24,25)22-13-5-4-7-16(22)2/h9-12,16,18H,3-8,13-15H2,1-2H3. The van der Waals surface area contributed by atoms with Gasteiger partial charge < -0.3 is 9.64 Å². The normalized spacial score (nSPS) is 24.1. The van der Waals surface area contributed by atoms with E-state index >= 15 is 0 Å². The quantitative estimate of drug-likeness (QED) is 0.744. The van der Waals surface area contributed by atoms with E-state index in [4.69, 9.17) is 4.74 Å². The lowest BCUT2D eigenvalue weighted by molar-refractivity contribution is 0.0539. The molecule has 0 saturated carbocycles. The van der Waals surface area contributed by atoms with Gasteiger partial charge in [-0.25, -0.2) is 8.42 Å². The van der Waals surface area contributed by atoms with Crippen molar-refractivity contribution in [1.29, 1.82) is 0 Å². The number of hydrogen-bond donors (Lipinski definition) is 0. The summed E-state index contributed by atoms with van der Waals surface area (Å²) in [5.74, 6) is -0.0803. The number of likely N-dealkylation sites (N-methyl/N-ethyl adjacent to an activating group) is 1. The van der Waals surface area contributed by atoms with Crippen LogP contribution in [0.5, 0.6) is 0 Å². The fourth-order valence-corrected chi connectivity index (χ4v) is 5.61. The second-order valence-corrected chi connectivity index (χ2v) is 9.35. The van der Waals surface area contributed by atoms with E-state index in [1.807, 2.05) is 13.8 Å². The van der Waals surface area contributed by atoms with E-state index < -0.39 is 10.0 Å². The van der Waals surface area contributed by atoms with Crippen LogP contribution in [0.4, 0.5) is 0 Å². The maximum absolute atomic E-state index is 12.9. The molecule has 1 amide bonds. The molecule has 3 rings (SSSR count). The van der Waals surface area contributed by atoms with Crippen molar-refractivity contribution in [2.75, 3.05) is 26.2 Å². The zero-order chi connectivity index (χ0) is 19.4. The van der Waals surface area contributed by atoms with Gasteiger partial charge in [-0.3, -0.25) is 4.79 Å². The summed E-state index contributed by atoms with van der Waals surface area (Å²) in [5, 5.41) is 0. The Kier molecular flexibility index (Phi) is 6.55. The van der Waals surface area contributed by atoms with Gasteiger partial charge >= 0.3 is 0 Å². The van der Waals surface area contributed by atoms with Crippen molar-refractivity contribution in [3.05, 3.63) is 29.8 Å². The summed E-state index contributed by atoms with van der Waals surface area (Å²) >= 11 is 0. The zero-order valence-corrected chi connectivity index (χ0v) is 17.1. The summed E-state index contributed by atoms with van der Waals surface area (Å²) in [6, 6.07) is 6.39. The molecule has 0 aliphatic carbocycles. The molecule has 150 valence electrons. The Bertz CT molecular complexity index is 742. The Balaban J connectivity index is 1.72. The molecule has 1 aromatic rings. The minimum atomic E-state index is -3.51. The monoisotopic (exact) mass is 394 g/mol. The van der Waals surface area contributed by atoms with E-state index in [2.05, 4.69) is 0 Å². The highest BCUT2D eigenvalue weighted by atomic mass is 32.2. The van der Waals surface area contributed by atoms with Crippen LogP contribution in [0.25, 0.3) is 0 Å². The number of hydrogen-bond acceptors (Lipinski definition) is 4. The lowest BCUT2D eigenvalue weighted by Crippen LogP contribution is -2.41. The summed E-state index contributed by atoms with van der Waals surface area (Å²) in [7, 11) is -3.51. The van der Waals surface area contributed by atoms with Gasteiger partial charge in [-0.05, 0) is 63.8 Å². The van der Waals surface area contributed by atoms with Crippen LogP contribution in [0, 0.1) is 0 Å². The van der Waals surface area contributed by atoms with Crippen LogP contribution in [-0.2, 0) is 14.8 Å².